The van der Waals surface area contributed by atoms with Crippen molar-refractivity contribution in [3.63, 3.8) is 0 Å². The van der Waals surface area contributed by atoms with Gasteiger partial charge in [0.2, 0.25) is 11.8 Å². The lowest BCUT2D eigenvalue weighted by Crippen LogP contribution is -2.56. The number of hydrogen-bond donors (Lipinski definition) is 1. The van der Waals surface area contributed by atoms with E-state index in [0.717, 1.165) is 25.7 Å². The van der Waals surface area contributed by atoms with E-state index in [1.807, 2.05) is 11.8 Å². The van der Waals surface area contributed by atoms with Crippen molar-refractivity contribution < 1.29 is 24.2 Å². The first-order chi connectivity index (χ1) is 15.9. The molecular weight excluding hydrogens is 440 g/mol. The quantitative estimate of drug-likeness (QED) is 0.249. The van der Waals surface area contributed by atoms with Crippen LogP contribution in [0, 0.1) is 11.8 Å². The molecule has 3 saturated heterocycles. The van der Waals surface area contributed by atoms with Crippen LogP contribution in [0.2, 0.25) is 0 Å². The minimum atomic E-state index is -0.685. The van der Waals surface area contributed by atoms with Crippen LogP contribution in [0.3, 0.4) is 0 Å². The van der Waals surface area contributed by atoms with E-state index in [2.05, 4.69) is 20.1 Å². The lowest BCUT2D eigenvalue weighted by atomic mass is 9.71. The summed E-state index contributed by atoms with van der Waals surface area (Å²) in [5.74, 6) is -1.77. The molecule has 0 aromatic rings. The van der Waals surface area contributed by atoms with Crippen molar-refractivity contribution >= 4 is 29.5 Å². The number of fused-ring (bicyclic) bond motifs is 1. The molecule has 2 amide bonds. The number of allylic oxidation sites excluding steroid dienone is 1. The standard InChI is InChI=1S/C25H38N2O5S/c1-5-8-9-16-32-24(31)19-18-11-12-25(33-18)20(19)22(29)27(14-15-28)21(25)23(30)26(13-7-3)17(4)10-6-2/h5,7,17-21,28H,1,3,6,8-16H2,2,4H3/t17?,18-,19+,20+,21?,25?/m1/s1. The molecule has 0 aliphatic carbocycles. The second kappa shape index (κ2) is 11.1. The average Bonchev–Trinajstić information content (AvgIpc) is 3.43. The van der Waals surface area contributed by atoms with Gasteiger partial charge in [0.25, 0.3) is 0 Å². The number of nitrogens with zero attached hydrogens (tertiary/aromatic N) is 2. The van der Waals surface area contributed by atoms with Crippen LogP contribution < -0.4 is 0 Å². The molecule has 33 heavy (non-hydrogen) atoms. The highest BCUT2D eigenvalue weighted by Crippen LogP contribution is 2.66. The van der Waals surface area contributed by atoms with E-state index in [4.69, 9.17) is 4.74 Å². The summed E-state index contributed by atoms with van der Waals surface area (Å²) in [6.07, 6.45) is 8.25. The second-order valence-electron chi connectivity index (χ2n) is 9.33. The minimum absolute atomic E-state index is 0.0104. The summed E-state index contributed by atoms with van der Waals surface area (Å²) >= 11 is 1.63. The molecule has 0 aromatic heterocycles. The van der Waals surface area contributed by atoms with Gasteiger partial charge in [-0.25, -0.2) is 0 Å². The van der Waals surface area contributed by atoms with Crippen molar-refractivity contribution in [2.75, 3.05) is 26.3 Å². The highest BCUT2D eigenvalue weighted by Gasteiger charge is 2.74. The molecule has 3 heterocycles. The van der Waals surface area contributed by atoms with Gasteiger partial charge in [-0.3, -0.25) is 14.4 Å². The number of unbranched alkanes of at least 4 members (excludes halogenated alkanes) is 1. The van der Waals surface area contributed by atoms with Crippen LogP contribution in [0.4, 0.5) is 0 Å². The van der Waals surface area contributed by atoms with Crippen LogP contribution in [0.5, 0.6) is 0 Å². The fraction of sp³-hybridized carbons (Fsp3) is 0.720. The highest BCUT2D eigenvalue weighted by molar-refractivity contribution is 8.02. The molecule has 3 aliphatic rings. The molecule has 184 valence electrons. The molecule has 1 N–H and O–H groups in total. The zero-order valence-corrected chi connectivity index (χ0v) is 20.7. The first kappa shape index (κ1) is 25.8. The van der Waals surface area contributed by atoms with Crippen molar-refractivity contribution in [2.24, 2.45) is 11.8 Å². The summed E-state index contributed by atoms with van der Waals surface area (Å²) < 4.78 is 4.90. The number of likely N-dealkylation sites (tertiary alicyclic amines) is 1. The lowest BCUT2D eigenvalue weighted by Gasteiger charge is -2.39. The van der Waals surface area contributed by atoms with Crippen LogP contribution in [0.15, 0.2) is 25.3 Å². The number of thioether (sulfide) groups is 1. The lowest BCUT2D eigenvalue weighted by molar-refractivity contribution is -0.154. The average molecular weight is 479 g/mol. The summed E-state index contributed by atoms with van der Waals surface area (Å²) in [7, 11) is 0. The molecule has 3 rings (SSSR count). The molecule has 3 unspecified atom stereocenters. The number of esters is 1. The Balaban J connectivity index is 1.91. The highest BCUT2D eigenvalue weighted by atomic mass is 32.2. The maximum Gasteiger partial charge on any atom is 0.310 e. The Kier molecular flexibility index (Phi) is 8.67. The summed E-state index contributed by atoms with van der Waals surface area (Å²) in [5, 5.41) is 9.69. The Morgan fingerprint density at radius 2 is 2.15 bits per heavy atom. The Labute approximate surface area is 201 Å². The second-order valence-corrected chi connectivity index (χ2v) is 10.9. The van der Waals surface area contributed by atoms with Gasteiger partial charge < -0.3 is 19.6 Å². The largest absolute Gasteiger partial charge is 0.465 e. The molecule has 3 aliphatic heterocycles. The molecule has 6 atom stereocenters. The molecule has 3 fully saturated rings. The van der Waals surface area contributed by atoms with Gasteiger partial charge in [-0.2, -0.15) is 0 Å². The Morgan fingerprint density at radius 1 is 1.39 bits per heavy atom. The van der Waals surface area contributed by atoms with E-state index >= 15 is 0 Å². The number of carbonyl (C=O) groups is 3. The van der Waals surface area contributed by atoms with E-state index < -0.39 is 22.6 Å². The van der Waals surface area contributed by atoms with Gasteiger partial charge >= 0.3 is 5.97 Å². The van der Waals surface area contributed by atoms with E-state index in [9.17, 15) is 19.5 Å². The van der Waals surface area contributed by atoms with Gasteiger partial charge in [-0.05, 0) is 39.0 Å². The van der Waals surface area contributed by atoms with Crippen molar-refractivity contribution in [1.82, 2.24) is 9.80 Å². The molecule has 2 bridgehead atoms. The van der Waals surface area contributed by atoms with Crippen molar-refractivity contribution in [3.05, 3.63) is 25.3 Å². The number of carbonyl (C=O) groups excluding carboxylic acids is 3. The Morgan fingerprint density at radius 3 is 2.79 bits per heavy atom. The van der Waals surface area contributed by atoms with E-state index in [1.165, 1.54) is 4.90 Å². The van der Waals surface area contributed by atoms with Crippen molar-refractivity contribution in [1.29, 1.82) is 0 Å². The number of hydrogen-bond acceptors (Lipinski definition) is 6. The number of rotatable bonds is 13. The van der Waals surface area contributed by atoms with Crippen LogP contribution in [0.25, 0.3) is 0 Å². The number of amides is 2. The molecule has 0 aromatic carbocycles. The maximum atomic E-state index is 14.0. The van der Waals surface area contributed by atoms with Gasteiger partial charge in [0.15, 0.2) is 0 Å². The predicted molar refractivity (Wildman–Crippen MR) is 130 cm³/mol. The van der Waals surface area contributed by atoms with Gasteiger partial charge in [-0.1, -0.05) is 25.5 Å². The third-order valence-electron chi connectivity index (χ3n) is 7.29. The third-order valence-corrected chi connectivity index (χ3v) is 9.24. The fourth-order valence-corrected chi connectivity index (χ4v) is 8.10. The van der Waals surface area contributed by atoms with Crippen LogP contribution in [-0.4, -0.2) is 81.1 Å². The SMILES string of the molecule is C=CCCCOC(=O)[C@@H]1[C@H]2C(=O)N(CCO)C(C(=O)N(CC=C)C(C)CCC)C23CC[C@H]1S3. The zero-order valence-electron chi connectivity index (χ0n) is 19.9. The van der Waals surface area contributed by atoms with E-state index in [-0.39, 0.29) is 42.2 Å². The van der Waals surface area contributed by atoms with Crippen molar-refractivity contribution in [3.8, 4) is 0 Å². The molecule has 0 saturated carbocycles. The smallest absolute Gasteiger partial charge is 0.310 e. The van der Waals surface area contributed by atoms with Crippen LogP contribution >= 0.6 is 11.8 Å². The van der Waals surface area contributed by atoms with Crippen LogP contribution in [-0.2, 0) is 19.1 Å². The maximum absolute atomic E-state index is 14.0. The van der Waals surface area contributed by atoms with E-state index in [1.54, 1.807) is 23.9 Å². The molecular formula is C25H38N2O5S. The zero-order chi connectivity index (χ0) is 24.2. The monoisotopic (exact) mass is 478 g/mol. The summed E-state index contributed by atoms with van der Waals surface area (Å²) in [6.45, 7) is 12.2. The minimum Gasteiger partial charge on any atom is -0.465 e. The van der Waals surface area contributed by atoms with Crippen LogP contribution in [0.1, 0.15) is 52.4 Å². The number of aliphatic hydroxyl groups excluding tert-OH is 1. The summed E-state index contributed by atoms with van der Waals surface area (Å²) in [4.78, 5) is 44.0. The Bertz CT molecular complexity index is 774. The normalized spacial score (nSPS) is 30.8. The van der Waals surface area contributed by atoms with E-state index in [0.29, 0.717) is 26.0 Å². The first-order valence-electron chi connectivity index (χ1n) is 12.2. The van der Waals surface area contributed by atoms with Gasteiger partial charge in [0.1, 0.15) is 6.04 Å². The fourth-order valence-electron chi connectivity index (χ4n) is 5.90. The van der Waals surface area contributed by atoms with Gasteiger partial charge in [0, 0.05) is 24.4 Å². The molecule has 0 radical (unpaired) electrons. The molecule has 7 nitrogen and oxygen atoms in total. The number of ether oxygens (including phenoxy) is 1. The third kappa shape index (κ3) is 4.61. The predicted octanol–water partition coefficient (Wildman–Crippen LogP) is 2.78. The molecule has 8 heteroatoms. The van der Waals surface area contributed by atoms with Crippen molar-refractivity contribution in [2.45, 2.75) is 74.5 Å². The first-order valence-corrected chi connectivity index (χ1v) is 13.0. The van der Waals surface area contributed by atoms with Gasteiger partial charge in [-0.15, -0.1) is 24.9 Å². The number of β-amino-alcohol motifs (C(OH)–C–C–N with tert-alkyl or cyclic N) is 1. The van der Waals surface area contributed by atoms with Gasteiger partial charge in [0.05, 0.1) is 29.8 Å². The topological polar surface area (TPSA) is 87.1 Å². The Hall–Kier alpha value is -1.80. The summed E-state index contributed by atoms with van der Waals surface area (Å²) in [6, 6.07) is -0.675. The molecule has 1 spiro atoms. The number of aliphatic hydroxyl groups is 1. The summed E-state index contributed by atoms with van der Waals surface area (Å²) in [5.41, 5.74) is 0.